The molecular weight excluding hydrogens is 792 g/mol. The molecule has 2 saturated carbocycles. The van der Waals surface area contributed by atoms with Gasteiger partial charge in [0.1, 0.15) is 53.2 Å². The lowest BCUT2D eigenvalue weighted by Crippen LogP contribution is -2.53. The van der Waals surface area contributed by atoms with Crippen LogP contribution in [0.1, 0.15) is 98.3 Å². The summed E-state index contributed by atoms with van der Waals surface area (Å²) in [6, 6.07) is 3.62. The zero-order valence-corrected chi connectivity index (χ0v) is 36.4. The van der Waals surface area contributed by atoms with Crippen molar-refractivity contribution in [2.45, 2.75) is 129 Å². The predicted octanol–water partition coefficient (Wildman–Crippen LogP) is 6.23. The minimum absolute atomic E-state index is 0.0549. The van der Waals surface area contributed by atoms with Crippen LogP contribution < -0.4 is 25.8 Å². The molecule has 2 unspecified atom stereocenters. The summed E-state index contributed by atoms with van der Waals surface area (Å²) >= 11 is 6.96. The van der Waals surface area contributed by atoms with Crippen molar-refractivity contribution >= 4 is 52.2 Å². The number of pyridine rings is 1. The van der Waals surface area contributed by atoms with Crippen molar-refractivity contribution in [1.29, 1.82) is 0 Å². The van der Waals surface area contributed by atoms with Crippen molar-refractivity contribution in [2.75, 3.05) is 51.3 Å². The number of carboxylic acid groups (broad SMARTS) is 1. The zero-order chi connectivity index (χ0) is 42.9. The highest BCUT2D eigenvalue weighted by molar-refractivity contribution is 6.36. The lowest BCUT2D eigenvalue weighted by molar-refractivity contribution is -0.139. The third kappa shape index (κ3) is 12.3. The molecule has 3 amide bonds. The predicted molar refractivity (Wildman–Crippen MR) is 228 cm³/mol. The molecule has 3 heterocycles. The van der Waals surface area contributed by atoms with Gasteiger partial charge in [0.15, 0.2) is 0 Å². The molecule has 60 heavy (non-hydrogen) atoms. The number of morpholine rings is 1. The first-order valence-electron chi connectivity index (χ1n) is 22.1. The number of carbonyl (C=O) groups is 4. The number of fused-ring (bicyclic) bond motifs is 1. The minimum atomic E-state index is -0.951. The van der Waals surface area contributed by atoms with E-state index >= 15 is 0 Å². The Morgan fingerprint density at radius 2 is 1.70 bits per heavy atom. The fourth-order valence-corrected chi connectivity index (χ4v) is 9.16. The van der Waals surface area contributed by atoms with E-state index in [1.165, 1.54) is 4.90 Å². The number of likely N-dealkylation sites (tertiary alicyclic amines) is 1. The molecule has 2 aromatic rings. The van der Waals surface area contributed by atoms with Crippen molar-refractivity contribution in [2.24, 2.45) is 29.4 Å². The van der Waals surface area contributed by atoms with E-state index in [2.05, 4.69) is 29.4 Å². The van der Waals surface area contributed by atoms with Crippen LogP contribution >= 0.6 is 11.6 Å². The van der Waals surface area contributed by atoms with Crippen molar-refractivity contribution in [1.82, 2.24) is 20.1 Å². The number of nitrogens with two attached hydrogens (primary N) is 1. The molecule has 2 aliphatic heterocycles. The molecule has 4 aliphatic rings. The fourth-order valence-electron chi connectivity index (χ4n) is 8.90. The molecule has 5 N–H and O–H groups in total. The van der Waals surface area contributed by atoms with E-state index in [0.717, 1.165) is 71.0 Å². The number of benzene rings is 1. The zero-order valence-electron chi connectivity index (χ0n) is 35.7. The Labute approximate surface area is 358 Å². The smallest absolute Gasteiger partial charge is 0.408 e. The summed E-state index contributed by atoms with van der Waals surface area (Å²) in [5, 5.41) is 16.4. The molecule has 2 aliphatic carbocycles. The highest BCUT2D eigenvalue weighted by Crippen LogP contribution is 2.43. The van der Waals surface area contributed by atoms with Gasteiger partial charge in [-0.2, -0.15) is 0 Å². The molecule has 16 heteroatoms. The first-order chi connectivity index (χ1) is 28.8. The highest BCUT2D eigenvalue weighted by atomic mass is 35.5. The summed E-state index contributed by atoms with van der Waals surface area (Å²) < 4.78 is 24.0. The number of nitrogens with one attached hydrogen (secondary N) is 2. The number of unbranched alkanes of at least 4 members (excludes halogenated alkanes) is 4. The second-order valence-corrected chi connectivity index (χ2v) is 18.1. The number of aliphatic carboxylic acids is 1. The van der Waals surface area contributed by atoms with Crippen LogP contribution in [0.5, 0.6) is 11.5 Å². The lowest BCUT2D eigenvalue weighted by Gasteiger charge is -2.28. The lowest BCUT2D eigenvalue weighted by atomic mass is 10.0. The van der Waals surface area contributed by atoms with Crippen LogP contribution in [0, 0.1) is 23.7 Å². The average molecular weight is 857 g/mol. The number of aromatic nitrogens is 1. The third-order valence-corrected chi connectivity index (χ3v) is 13.0. The van der Waals surface area contributed by atoms with Crippen LogP contribution in [0.25, 0.3) is 10.9 Å². The largest absolute Gasteiger partial charge is 0.491 e. The van der Waals surface area contributed by atoms with Gasteiger partial charge in [-0.25, -0.2) is 9.78 Å². The second kappa shape index (κ2) is 21.1. The molecule has 0 spiro atoms. The number of hydrogen-bond acceptors (Lipinski definition) is 11. The molecule has 8 atom stereocenters. The number of rotatable bonds is 21. The first-order valence-corrected chi connectivity index (χ1v) is 22.4. The Balaban J connectivity index is 1.13. The Morgan fingerprint density at radius 1 is 0.983 bits per heavy atom. The van der Waals surface area contributed by atoms with E-state index in [1.807, 2.05) is 19.9 Å². The molecule has 0 radical (unpaired) electrons. The number of amides is 3. The molecule has 2 saturated heterocycles. The van der Waals surface area contributed by atoms with Gasteiger partial charge in [0.05, 0.1) is 31.2 Å². The van der Waals surface area contributed by atoms with Crippen LogP contribution in [0.3, 0.4) is 0 Å². The Hall–Kier alpha value is -4.08. The molecule has 0 bridgehead atoms. The van der Waals surface area contributed by atoms with Crippen molar-refractivity contribution in [3.63, 3.8) is 0 Å². The third-order valence-electron chi connectivity index (χ3n) is 12.6. The summed E-state index contributed by atoms with van der Waals surface area (Å²) in [4.78, 5) is 60.4. The van der Waals surface area contributed by atoms with Gasteiger partial charge >= 0.3 is 12.1 Å². The van der Waals surface area contributed by atoms with E-state index in [0.29, 0.717) is 77.7 Å². The van der Waals surface area contributed by atoms with Gasteiger partial charge in [0.2, 0.25) is 11.8 Å². The summed E-state index contributed by atoms with van der Waals surface area (Å²) in [6.45, 7) is 12.7. The second-order valence-electron chi connectivity index (χ2n) is 17.7. The first kappa shape index (κ1) is 45.4. The van der Waals surface area contributed by atoms with Gasteiger partial charge in [0.25, 0.3) is 0 Å². The SMILES string of the molecule is CC(C)Nc1cc(OC2C[C@@H](C(N)=O)N(C(=O)[C@H](CCCCCCC[C@@H]3C[C@@H]3C(=O)O)NC(=O)OC3C[C@@H](C)[C@@H](C)C3)C2)c2ccc(OCCN3CCOCC3)c(Cl)c2n1. The Morgan fingerprint density at radius 3 is 2.38 bits per heavy atom. The van der Waals surface area contributed by atoms with Gasteiger partial charge in [-0.05, 0) is 75.8 Å². The molecule has 4 fully saturated rings. The quantitative estimate of drug-likeness (QED) is 0.104. The van der Waals surface area contributed by atoms with Gasteiger partial charge in [0, 0.05) is 43.5 Å². The van der Waals surface area contributed by atoms with E-state index < -0.39 is 42.1 Å². The molecule has 15 nitrogen and oxygen atoms in total. The number of alkyl carbamates (subject to hydrolysis) is 1. The number of anilines is 1. The van der Waals surface area contributed by atoms with Gasteiger partial charge < -0.3 is 45.3 Å². The van der Waals surface area contributed by atoms with Gasteiger partial charge in [-0.1, -0.05) is 57.6 Å². The monoisotopic (exact) mass is 856 g/mol. The Bertz CT molecular complexity index is 1800. The number of nitrogens with zero attached hydrogens (tertiary/aromatic N) is 3. The molecule has 1 aromatic carbocycles. The van der Waals surface area contributed by atoms with E-state index in [9.17, 15) is 24.3 Å². The van der Waals surface area contributed by atoms with E-state index in [4.69, 9.17) is 41.3 Å². The number of halogens is 1. The van der Waals surface area contributed by atoms with Gasteiger partial charge in [-0.15, -0.1) is 0 Å². The number of hydrogen-bond donors (Lipinski definition) is 4. The molecule has 6 rings (SSSR count). The maximum Gasteiger partial charge on any atom is 0.408 e. The van der Waals surface area contributed by atoms with Crippen LogP contribution in [0.15, 0.2) is 18.2 Å². The molecular formula is C44H65ClN6O9. The summed E-state index contributed by atoms with van der Waals surface area (Å²) in [5.41, 5.74) is 6.43. The highest BCUT2D eigenvalue weighted by Gasteiger charge is 2.44. The maximum atomic E-state index is 14.4. The summed E-state index contributed by atoms with van der Waals surface area (Å²) in [6.07, 6.45) is 6.63. The number of ether oxygens (including phenoxy) is 4. The van der Waals surface area contributed by atoms with E-state index in [-0.39, 0.29) is 36.9 Å². The van der Waals surface area contributed by atoms with Crippen molar-refractivity contribution in [3.8, 4) is 11.5 Å². The van der Waals surface area contributed by atoms with Crippen LogP contribution in [-0.4, -0.2) is 120 Å². The van der Waals surface area contributed by atoms with Crippen LogP contribution in [0.4, 0.5) is 10.6 Å². The fraction of sp³-hybridized carbons (Fsp3) is 0.705. The van der Waals surface area contributed by atoms with Crippen LogP contribution in [0.2, 0.25) is 5.02 Å². The molecule has 332 valence electrons. The number of carbonyl (C=O) groups excluding carboxylic acids is 3. The normalized spacial score (nSPS) is 25.9. The van der Waals surface area contributed by atoms with Crippen molar-refractivity contribution < 1.29 is 43.2 Å². The average Bonchev–Trinajstić information content (AvgIpc) is 3.75. The molecule has 1 aromatic heterocycles. The number of primary amides is 1. The van der Waals surface area contributed by atoms with Gasteiger partial charge in [-0.3, -0.25) is 19.3 Å². The maximum absolute atomic E-state index is 14.4. The Kier molecular flexibility index (Phi) is 16.0. The summed E-state index contributed by atoms with van der Waals surface area (Å²) in [5.74, 6) is 0.714. The van der Waals surface area contributed by atoms with Crippen molar-refractivity contribution in [3.05, 3.63) is 23.2 Å². The van der Waals surface area contributed by atoms with Crippen LogP contribution in [-0.2, 0) is 23.9 Å². The topological polar surface area (TPSA) is 195 Å². The number of carboxylic acids is 1. The minimum Gasteiger partial charge on any atom is -0.491 e. The summed E-state index contributed by atoms with van der Waals surface area (Å²) in [7, 11) is 0. The standard InChI is InChI=1S/C44H65ClN6O9/c1-26(2)47-38-24-37(32-12-13-36(39(45)40(32)49-38)58-19-16-50-14-17-57-18-15-50)59-31-23-35(41(46)52)51(25-31)42(53)34(48-44(56)60-30-20-27(3)28(4)21-30)11-9-7-5-6-8-10-29-22-33(29)43(54)55/h12-13,24,26-31,33-35H,5-11,14-23,25H2,1-4H3,(H2,46,52)(H,47,49)(H,48,56)(H,54,55)/t27-,28+,29-,30?,31?,33+,34+,35+/m1/s1. The van der Waals surface area contributed by atoms with E-state index in [1.54, 1.807) is 12.1 Å².